The Balaban J connectivity index is 2.00. The molecular formula is C15H23N3OS. The van der Waals surface area contributed by atoms with Gasteiger partial charge in [-0.05, 0) is 31.7 Å². The minimum atomic E-state index is 0.00594. The Morgan fingerprint density at radius 3 is 3.00 bits per heavy atom. The van der Waals surface area contributed by atoms with Crippen LogP contribution < -0.4 is 10.6 Å². The van der Waals surface area contributed by atoms with Crippen molar-refractivity contribution in [1.82, 2.24) is 10.2 Å². The highest BCUT2D eigenvalue weighted by Crippen LogP contribution is 2.20. The van der Waals surface area contributed by atoms with Gasteiger partial charge in [-0.1, -0.05) is 19.1 Å². The zero-order chi connectivity index (χ0) is 14.5. The van der Waals surface area contributed by atoms with E-state index in [0.29, 0.717) is 5.25 Å². The lowest BCUT2D eigenvalue weighted by atomic mass is 10.1. The monoisotopic (exact) mass is 293 g/mol. The molecule has 110 valence electrons. The van der Waals surface area contributed by atoms with Crippen LogP contribution in [0.25, 0.3) is 0 Å². The second-order valence-corrected chi connectivity index (χ2v) is 6.74. The maximum absolute atomic E-state index is 12.3. The third kappa shape index (κ3) is 3.90. The van der Waals surface area contributed by atoms with Gasteiger partial charge < -0.3 is 15.5 Å². The summed E-state index contributed by atoms with van der Waals surface area (Å²) < 4.78 is 0. The van der Waals surface area contributed by atoms with Crippen molar-refractivity contribution in [2.75, 3.05) is 31.2 Å². The van der Waals surface area contributed by atoms with E-state index in [2.05, 4.69) is 30.5 Å². The van der Waals surface area contributed by atoms with E-state index < -0.39 is 0 Å². The Morgan fingerprint density at radius 2 is 2.30 bits per heavy atom. The van der Waals surface area contributed by atoms with Gasteiger partial charge in [-0.25, -0.2) is 4.79 Å². The molecule has 0 saturated carbocycles. The first-order valence-corrected chi connectivity index (χ1v) is 8.09. The first kappa shape index (κ1) is 15.2. The predicted molar refractivity (Wildman–Crippen MR) is 86.4 cm³/mol. The van der Waals surface area contributed by atoms with Crippen LogP contribution in [0.1, 0.15) is 25.5 Å². The molecule has 1 aliphatic rings. The zero-order valence-corrected chi connectivity index (χ0v) is 13.2. The van der Waals surface area contributed by atoms with Crippen molar-refractivity contribution in [3.05, 3.63) is 29.8 Å². The van der Waals surface area contributed by atoms with Gasteiger partial charge in [0.1, 0.15) is 0 Å². The van der Waals surface area contributed by atoms with Crippen molar-refractivity contribution in [1.29, 1.82) is 0 Å². The maximum atomic E-state index is 12.3. The first-order valence-electron chi connectivity index (χ1n) is 7.05. The van der Waals surface area contributed by atoms with E-state index in [0.717, 1.165) is 24.5 Å². The number of anilines is 1. The highest BCUT2D eigenvalue weighted by Gasteiger charge is 2.21. The molecule has 0 radical (unpaired) electrons. The number of nitrogens with one attached hydrogen (secondary N) is 2. The van der Waals surface area contributed by atoms with E-state index in [4.69, 9.17) is 0 Å². The topological polar surface area (TPSA) is 44.4 Å². The summed E-state index contributed by atoms with van der Waals surface area (Å²) in [6, 6.07) is 8.29. The van der Waals surface area contributed by atoms with Gasteiger partial charge >= 0.3 is 6.03 Å². The van der Waals surface area contributed by atoms with Gasteiger partial charge in [0.05, 0.1) is 0 Å². The summed E-state index contributed by atoms with van der Waals surface area (Å²) in [4.78, 5) is 14.2. The number of hydrogen-bond acceptors (Lipinski definition) is 3. The van der Waals surface area contributed by atoms with Gasteiger partial charge in [-0.15, -0.1) is 0 Å². The Hall–Kier alpha value is -1.20. The quantitative estimate of drug-likeness (QED) is 0.900. The highest BCUT2D eigenvalue weighted by molar-refractivity contribution is 7.99. The fourth-order valence-corrected chi connectivity index (χ4v) is 3.27. The minimum absolute atomic E-state index is 0.00594. The Labute approximate surface area is 125 Å². The van der Waals surface area contributed by atoms with Gasteiger partial charge in [0.25, 0.3) is 0 Å². The second-order valence-electron chi connectivity index (χ2n) is 5.19. The number of nitrogens with zero attached hydrogens (tertiary/aromatic N) is 1. The number of carbonyl (C=O) groups is 1. The number of rotatable bonds is 3. The maximum Gasteiger partial charge on any atom is 0.321 e. The number of benzene rings is 1. The van der Waals surface area contributed by atoms with E-state index in [1.807, 2.05) is 41.9 Å². The van der Waals surface area contributed by atoms with Crippen LogP contribution >= 0.6 is 11.8 Å². The second kappa shape index (κ2) is 6.99. The van der Waals surface area contributed by atoms with Crippen molar-refractivity contribution < 1.29 is 4.79 Å². The molecule has 2 unspecified atom stereocenters. The summed E-state index contributed by atoms with van der Waals surface area (Å²) in [5.41, 5.74) is 2.04. The fraction of sp³-hybridized carbons (Fsp3) is 0.533. The average molecular weight is 293 g/mol. The van der Waals surface area contributed by atoms with Crippen molar-refractivity contribution >= 4 is 23.5 Å². The molecule has 1 saturated heterocycles. The van der Waals surface area contributed by atoms with Gasteiger partial charge in [0, 0.05) is 35.8 Å². The lowest BCUT2D eigenvalue weighted by Gasteiger charge is -2.30. The summed E-state index contributed by atoms with van der Waals surface area (Å²) in [6.07, 6.45) is 0. The third-order valence-electron chi connectivity index (χ3n) is 3.60. The standard InChI is InChI=1S/C15H23N3OS/c1-11-10-18(7-8-20-11)15(19)17-14-6-4-5-13(9-14)12(2)16-3/h4-6,9,11-12,16H,7-8,10H2,1-3H3,(H,17,19). The van der Waals surface area contributed by atoms with E-state index in [1.165, 1.54) is 5.56 Å². The highest BCUT2D eigenvalue weighted by atomic mass is 32.2. The number of urea groups is 1. The molecule has 2 rings (SSSR count). The molecular weight excluding hydrogens is 270 g/mol. The number of thioether (sulfide) groups is 1. The molecule has 2 amide bonds. The smallest absolute Gasteiger partial charge is 0.321 e. The SMILES string of the molecule is CNC(C)c1cccc(NC(=O)N2CCSC(C)C2)c1. The third-order valence-corrected chi connectivity index (χ3v) is 4.74. The van der Waals surface area contributed by atoms with Crippen LogP contribution in [0.4, 0.5) is 10.5 Å². The van der Waals surface area contributed by atoms with E-state index in [1.54, 1.807) is 0 Å². The first-order chi connectivity index (χ1) is 9.60. The molecule has 1 aromatic rings. The number of amides is 2. The van der Waals surface area contributed by atoms with Crippen molar-refractivity contribution in [3.63, 3.8) is 0 Å². The molecule has 20 heavy (non-hydrogen) atoms. The van der Waals surface area contributed by atoms with Crippen LogP contribution in [-0.2, 0) is 0 Å². The summed E-state index contributed by atoms with van der Waals surface area (Å²) >= 11 is 1.92. The van der Waals surface area contributed by atoms with Crippen LogP contribution in [0.3, 0.4) is 0 Å². The lowest BCUT2D eigenvalue weighted by Crippen LogP contribution is -2.43. The molecule has 1 heterocycles. The average Bonchev–Trinajstić information content (AvgIpc) is 2.46. The summed E-state index contributed by atoms with van der Waals surface area (Å²) in [5, 5.41) is 6.73. The molecule has 0 aliphatic carbocycles. The number of hydrogen-bond donors (Lipinski definition) is 2. The van der Waals surface area contributed by atoms with E-state index >= 15 is 0 Å². The van der Waals surface area contributed by atoms with Gasteiger partial charge in [0.15, 0.2) is 0 Å². The molecule has 1 aromatic carbocycles. The van der Waals surface area contributed by atoms with Crippen LogP contribution in [0.5, 0.6) is 0 Å². The van der Waals surface area contributed by atoms with Gasteiger partial charge in [-0.3, -0.25) is 0 Å². The Morgan fingerprint density at radius 1 is 1.50 bits per heavy atom. The van der Waals surface area contributed by atoms with Crippen molar-refractivity contribution in [2.45, 2.75) is 25.1 Å². The number of carbonyl (C=O) groups excluding carboxylic acids is 1. The molecule has 2 N–H and O–H groups in total. The molecule has 2 atom stereocenters. The molecule has 5 heteroatoms. The Bertz CT molecular complexity index is 466. The fourth-order valence-electron chi connectivity index (χ4n) is 2.26. The van der Waals surface area contributed by atoms with E-state index in [-0.39, 0.29) is 12.1 Å². The predicted octanol–water partition coefficient (Wildman–Crippen LogP) is 2.94. The van der Waals surface area contributed by atoms with E-state index in [9.17, 15) is 4.79 Å². The molecule has 0 bridgehead atoms. The van der Waals surface area contributed by atoms with Gasteiger partial charge in [0.2, 0.25) is 0 Å². The van der Waals surface area contributed by atoms with Gasteiger partial charge in [-0.2, -0.15) is 11.8 Å². The molecule has 1 fully saturated rings. The summed E-state index contributed by atoms with van der Waals surface area (Å²) in [7, 11) is 1.93. The van der Waals surface area contributed by atoms with Crippen molar-refractivity contribution in [2.24, 2.45) is 0 Å². The van der Waals surface area contributed by atoms with Crippen LogP contribution in [0.2, 0.25) is 0 Å². The summed E-state index contributed by atoms with van der Waals surface area (Å²) in [5.74, 6) is 1.02. The van der Waals surface area contributed by atoms with Crippen LogP contribution in [-0.4, -0.2) is 42.1 Å². The van der Waals surface area contributed by atoms with Crippen LogP contribution in [0, 0.1) is 0 Å². The summed E-state index contributed by atoms with van der Waals surface area (Å²) in [6.45, 7) is 5.92. The normalized spacial score (nSPS) is 20.6. The van der Waals surface area contributed by atoms with Crippen LogP contribution in [0.15, 0.2) is 24.3 Å². The lowest BCUT2D eigenvalue weighted by molar-refractivity contribution is 0.214. The molecule has 0 aromatic heterocycles. The minimum Gasteiger partial charge on any atom is -0.323 e. The Kier molecular flexibility index (Phi) is 5.31. The van der Waals surface area contributed by atoms with Crippen molar-refractivity contribution in [3.8, 4) is 0 Å². The molecule has 4 nitrogen and oxygen atoms in total. The largest absolute Gasteiger partial charge is 0.323 e. The molecule has 0 spiro atoms. The molecule has 1 aliphatic heterocycles. The zero-order valence-electron chi connectivity index (χ0n) is 12.3.